The highest BCUT2D eigenvalue weighted by atomic mass is 19.1. The molecule has 2 N–H and O–H groups in total. The quantitative estimate of drug-likeness (QED) is 0.529. The van der Waals surface area contributed by atoms with E-state index in [2.05, 4.69) is 25.7 Å². The molecular weight excluding hydrogens is 363 g/mol. The number of benzene rings is 1. The zero-order valence-corrected chi connectivity index (χ0v) is 14.6. The highest BCUT2D eigenvalue weighted by Gasteiger charge is 2.31. The molecular formula is C19H15FN6O2. The predicted octanol–water partition coefficient (Wildman–Crippen LogP) is 2.74. The molecule has 3 aromatic heterocycles. The molecule has 0 amide bonds. The normalized spacial score (nSPS) is 17.5. The Labute approximate surface area is 158 Å². The minimum atomic E-state index is -0.251. The van der Waals surface area contributed by atoms with E-state index in [1.54, 1.807) is 18.6 Å². The summed E-state index contributed by atoms with van der Waals surface area (Å²) in [5.74, 6) is 1.77. The van der Waals surface area contributed by atoms with E-state index in [1.807, 2.05) is 16.5 Å². The lowest BCUT2D eigenvalue weighted by Crippen LogP contribution is -2.13. The zero-order valence-electron chi connectivity index (χ0n) is 14.6. The van der Waals surface area contributed by atoms with Crippen LogP contribution in [0.1, 0.15) is 17.0 Å². The van der Waals surface area contributed by atoms with Gasteiger partial charge in [0.1, 0.15) is 17.9 Å². The fourth-order valence-corrected chi connectivity index (χ4v) is 3.99. The standard InChI is InChI=1S/C19H15FN6O2/c20-13-1-2-15-17-10(7-27-15)8-28-16-5-11(14-3-4-22-24-14)18-25-23-9-26(18)19(16)21-6-12(13)17/h1-5,9-10,21H,6-8H2,(H,22,24)/t10-/m1/s1. The summed E-state index contributed by atoms with van der Waals surface area (Å²) in [4.78, 5) is 0. The smallest absolute Gasteiger partial charge is 0.171 e. The molecule has 0 saturated carbocycles. The summed E-state index contributed by atoms with van der Waals surface area (Å²) in [5, 5.41) is 18.6. The van der Waals surface area contributed by atoms with Crippen LogP contribution in [0.3, 0.4) is 0 Å². The largest absolute Gasteiger partial charge is 0.493 e. The van der Waals surface area contributed by atoms with Crippen LogP contribution >= 0.6 is 0 Å². The van der Waals surface area contributed by atoms with Gasteiger partial charge in [0, 0.05) is 29.4 Å². The molecule has 28 heavy (non-hydrogen) atoms. The SMILES string of the molecule is Fc1ccc2c3c1CNc1c(cc(-c4ccn[nH]4)c4nncn14)OC[C@H]3CO2. The molecule has 6 rings (SSSR count). The Morgan fingerprint density at radius 3 is 2.89 bits per heavy atom. The van der Waals surface area contributed by atoms with Crippen molar-refractivity contribution in [2.24, 2.45) is 0 Å². The third-order valence-corrected chi connectivity index (χ3v) is 5.31. The van der Waals surface area contributed by atoms with Crippen molar-refractivity contribution in [2.45, 2.75) is 12.5 Å². The molecule has 1 aromatic carbocycles. The number of rotatable bonds is 1. The molecule has 5 heterocycles. The van der Waals surface area contributed by atoms with Crippen LogP contribution in [0.2, 0.25) is 0 Å². The van der Waals surface area contributed by atoms with E-state index >= 15 is 0 Å². The van der Waals surface area contributed by atoms with E-state index in [1.165, 1.54) is 6.07 Å². The van der Waals surface area contributed by atoms with Crippen molar-refractivity contribution in [1.29, 1.82) is 0 Å². The van der Waals surface area contributed by atoms with Crippen LogP contribution in [0.5, 0.6) is 11.5 Å². The number of halogens is 1. The van der Waals surface area contributed by atoms with Crippen LogP contribution in [-0.4, -0.2) is 38.0 Å². The highest BCUT2D eigenvalue weighted by Crippen LogP contribution is 2.41. The monoisotopic (exact) mass is 378 g/mol. The molecule has 0 fully saturated rings. The van der Waals surface area contributed by atoms with Crippen LogP contribution < -0.4 is 14.8 Å². The van der Waals surface area contributed by atoms with Gasteiger partial charge < -0.3 is 14.8 Å². The van der Waals surface area contributed by atoms with Crippen LogP contribution in [0, 0.1) is 5.82 Å². The summed E-state index contributed by atoms with van der Waals surface area (Å²) in [6.07, 6.45) is 3.29. The number of nitrogens with zero attached hydrogens (tertiary/aromatic N) is 4. The number of aromatic nitrogens is 5. The summed E-state index contributed by atoms with van der Waals surface area (Å²) >= 11 is 0. The van der Waals surface area contributed by atoms with E-state index in [9.17, 15) is 4.39 Å². The van der Waals surface area contributed by atoms with Crippen molar-refractivity contribution in [3.63, 3.8) is 0 Å². The lowest BCUT2D eigenvalue weighted by atomic mass is 9.96. The number of hydrogen-bond acceptors (Lipinski definition) is 6. The maximum Gasteiger partial charge on any atom is 0.171 e. The molecule has 0 saturated heterocycles. The van der Waals surface area contributed by atoms with E-state index in [0.29, 0.717) is 42.5 Å². The van der Waals surface area contributed by atoms with Gasteiger partial charge in [0.15, 0.2) is 17.2 Å². The van der Waals surface area contributed by atoms with Crippen molar-refractivity contribution >= 4 is 11.5 Å². The second-order valence-electron chi connectivity index (χ2n) is 6.88. The van der Waals surface area contributed by atoms with Gasteiger partial charge in [-0.3, -0.25) is 9.50 Å². The molecule has 2 aliphatic heterocycles. The predicted molar refractivity (Wildman–Crippen MR) is 98.0 cm³/mol. The Hall–Kier alpha value is -3.62. The Morgan fingerprint density at radius 2 is 2.04 bits per heavy atom. The molecule has 140 valence electrons. The number of ether oxygens (including phenoxy) is 2. The van der Waals surface area contributed by atoms with E-state index in [4.69, 9.17) is 9.47 Å². The van der Waals surface area contributed by atoms with Crippen molar-refractivity contribution in [1.82, 2.24) is 24.8 Å². The number of nitrogens with one attached hydrogen (secondary N) is 2. The molecule has 8 nitrogen and oxygen atoms in total. The molecule has 0 unspecified atom stereocenters. The lowest BCUT2D eigenvalue weighted by molar-refractivity contribution is 0.249. The van der Waals surface area contributed by atoms with Crippen LogP contribution in [0.4, 0.5) is 10.2 Å². The summed E-state index contributed by atoms with van der Waals surface area (Å²) in [6.45, 7) is 1.17. The maximum absolute atomic E-state index is 14.6. The number of H-pyrrole nitrogens is 1. The number of fused-ring (bicyclic) bond motifs is 3. The summed E-state index contributed by atoms with van der Waals surface area (Å²) in [5.41, 5.74) is 3.77. The maximum atomic E-state index is 14.6. The van der Waals surface area contributed by atoms with E-state index in [-0.39, 0.29) is 11.7 Å². The minimum Gasteiger partial charge on any atom is -0.493 e. The van der Waals surface area contributed by atoms with Crippen molar-refractivity contribution in [2.75, 3.05) is 18.5 Å². The first-order valence-electron chi connectivity index (χ1n) is 8.97. The fraction of sp³-hybridized carbons (Fsp3) is 0.211. The van der Waals surface area contributed by atoms with Crippen molar-refractivity contribution in [3.05, 3.63) is 53.7 Å². The highest BCUT2D eigenvalue weighted by molar-refractivity contribution is 5.80. The Morgan fingerprint density at radius 1 is 1.14 bits per heavy atom. The third-order valence-electron chi connectivity index (χ3n) is 5.31. The van der Waals surface area contributed by atoms with Crippen LogP contribution in [-0.2, 0) is 6.54 Å². The Bertz CT molecular complexity index is 1200. The second-order valence-corrected chi connectivity index (χ2v) is 6.88. The second kappa shape index (κ2) is 5.69. The van der Waals surface area contributed by atoms with E-state index in [0.717, 1.165) is 22.6 Å². The van der Waals surface area contributed by atoms with Crippen molar-refractivity contribution < 1.29 is 13.9 Å². The van der Waals surface area contributed by atoms with Crippen molar-refractivity contribution in [3.8, 4) is 22.8 Å². The number of anilines is 1. The number of aromatic amines is 1. The van der Waals surface area contributed by atoms with E-state index < -0.39 is 0 Å². The number of hydrogen-bond donors (Lipinski definition) is 2. The van der Waals surface area contributed by atoms with Gasteiger partial charge >= 0.3 is 0 Å². The molecule has 0 bridgehead atoms. The molecule has 1 atom stereocenters. The summed E-state index contributed by atoms with van der Waals surface area (Å²) in [6, 6.07) is 6.91. The van der Waals surface area contributed by atoms with Gasteiger partial charge in [0.25, 0.3) is 0 Å². The van der Waals surface area contributed by atoms with Gasteiger partial charge in [0.05, 0.1) is 24.8 Å². The molecule has 0 radical (unpaired) electrons. The van der Waals surface area contributed by atoms with Gasteiger partial charge in [-0.15, -0.1) is 10.2 Å². The summed E-state index contributed by atoms with van der Waals surface area (Å²) < 4.78 is 28.3. The average Bonchev–Trinajstić information content (AvgIpc) is 3.45. The van der Waals surface area contributed by atoms with Crippen LogP contribution in [0.25, 0.3) is 16.9 Å². The first kappa shape index (κ1) is 15.4. The fourth-order valence-electron chi connectivity index (χ4n) is 3.99. The molecule has 9 heteroatoms. The van der Waals surface area contributed by atoms with Gasteiger partial charge in [-0.25, -0.2) is 4.39 Å². The first-order valence-corrected chi connectivity index (χ1v) is 8.97. The Balaban J connectivity index is 1.53. The average molecular weight is 378 g/mol. The third kappa shape index (κ3) is 2.13. The molecule has 0 aliphatic carbocycles. The summed E-state index contributed by atoms with van der Waals surface area (Å²) in [7, 11) is 0. The lowest BCUT2D eigenvalue weighted by Gasteiger charge is -2.16. The zero-order chi connectivity index (χ0) is 18.7. The molecule has 4 aromatic rings. The van der Waals surface area contributed by atoms with Gasteiger partial charge in [-0.1, -0.05) is 0 Å². The topological polar surface area (TPSA) is 89.4 Å². The van der Waals surface area contributed by atoms with Gasteiger partial charge in [0.2, 0.25) is 0 Å². The molecule has 0 spiro atoms. The van der Waals surface area contributed by atoms with Gasteiger partial charge in [-0.2, -0.15) is 5.10 Å². The Kier molecular flexibility index (Phi) is 3.14. The minimum absolute atomic E-state index is 0.0272. The van der Waals surface area contributed by atoms with Crippen LogP contribution in [0.15, 0.2) is 36.8 Å². The van der Waals surface area contributed by atoms with Gasteiger partial charge in [-0.05, 0) is 24.3 Å². The molecule has 2 aliphatic rings. The number of pyridine rings is 1. The first-order chi connectivity index (χ1) is 13.8.